The fraction of sp³-hybridized carbons (Fsp3) is 0.0556. The van der Waals surface area contributed by atoms with Gasteiger partial charge in [0.1, 0.15) is 12.4 Å². The highest BCUT2D eigenvalue weighted by atomic mass is 35.5. The molecule has 134 valence electrons. The van der Waals surface area contributed by atoms with E-state index >= 15 is 0 Å². The molecule has 0 heterocycles. The van der Waals surface area contributed by atoms with E-state index in [1.165, 1.54) is 18.3 Å². The predicted molar refractivity (Wildman–Crippen MR) is 103 cm³/mol. The minimum Gasteiger partial charge on any atom is -0.490 e. The van der Waals surface area contributed by atoms with Crippen molar-refractivity contribution < 1.29 is 14.3 Å². The van der Waals surface area contributed by atoms with E-state index < -0.39 is 11.8 Å². The van der Waals surface area contributed by atoms with E-state index in [0.29, 0.717) is 17.4 Å². The van der Waals surface area contributed by atoms with Gasteiger partial charge in [-0.25, -0.2) is 5.43 Å². The van der Waals surface area contributed by atoms with Crippen molar-refractivity contribution in [1.82, 2.24) is 5.43 Å². The molecule has 0 aromatic heterocycles. The first kappa shape index (κ1) is 19.5. The standard InChI is InChI=1S/C18H15Cl2N3O3/c1-2-9-26-14-6-3-12(4-7-14)11-21-23-18(25)17(24)22-16-10-13(19)5-8-15(16)20/h2-8,10-11H,1,9H2,(H,22,24)(H,23,25)/b21-11+. The van der Waals surface area contributed by atoms with Crippen LogP contribution in [0.15, 0.2) is 60.2 Å². The van der Waals surface area contributed by atoms with E-state index in [1.807, 2.05) is 0 Å². The van der Waals surface area contributed by atoms with Crippen LogP contribution in [-0.4, -0.2) is 24.6 Å². The van der Waals surface area contributed by atoms with Crippen LogP contribution >= 0.6 is 23.2 Å². The van der Waals surface area contributed by atoms with Crippen LogP contribution in [0.3, 0.4) is 0 Å². The van der Waals surface area contributed by atoms with Crippen molar-refractivity contribution in [1.29, 1.82) is 0 Å². The SMILES string of the molecule is C=CCOc1ccc(/C=N/NC(=O)C(=O)Nc2cc(Cl)ccc2Cl)cc1. The molecule has 0 saturated heterocycles. The molecule has 0 aliphatic carbocycles. The topological polar surface area (TPSA) is 79.8 Å². The number of benzene rings is 2. The number of ether oxygens (including phenoxy) is 1. The molecule has 0 radical (unpaired) electrons. The summed E-state index contributed by atoms with van der Waals surface area (Å²) < 4.78 is 5.35. The first-order valence-corrected chi connectivity index (χ1v) is 8.18. The number of nitrogens with zero attached hydrogens (tertiary/aromatic N) is 1. The number of hydrogen-bond donors (Lipinski definition) is 2. The number of anilines is 1. The molecule has 6 nitrogen and oxygen atoms in total. The monoisotopic (exact) mass is 391 g/mol. The zero-order valence-electron chi connectivity index (χ0n) is 13.5. The Hall–Kier alpha value is -2.83. The molecular formula is C18H15Cl2N3O3. The lowest BCUT2D eigenvalue weighted by Crippen LogP contribution is -2.32. The molecule has 2 N–H and O–H groups in total. The number of rotatable bonds is 6. The number of nitrogens with one attached hydrogen (secondary N) is 2. The molecule has 0 bridgehead atoms. The van der Waals surface area contributed by atoms with Crippen molar-refractivity contribution in [2.24, 2.45) is 5.10 Å². The second-order valence-corrected chi connectivity index (χ2v) is 5.79. The summed E-state index contributed by atoms with van der Waals surface area (Å²) in [5.41, 5.74) is 3.08. The number of hydrazone groups is 1. The maximum Gasteiger partial charge on any atom is 0.329 e. The molecule has 2 aromatic rings. The molecular weight excluding hydrogens is 377 g/mol. The minimum absolute atomic E-state index is 0.235. The van der Waals surface area contributed by atoms with Gasteiger partial charge in [-0.15, -0.1) is 0 Å². The molecule has 0 unspecified atom stereocenters. The second kappa shape index (κ2) is 9.60. The number of hydrogen-bond acceptors (Lipinski definition) is 4. The Balaban J connectivity index is 1.88. The highest BCUT2D eigenvalue weighted by molar-refractivity contribution is 6.42. The molecule has 2 aromatic carbocycles. The number of amides is 2. The normalized spacial score (nSPS) is 10.4. The second-order valence-electron chi connectivity index (χ2n) is 4.95. The van der Waals surface area contributed by atoms with Crippen molar-refractivity contribution in [3.8, 4) is 5.75 Å². The maximum atomic E-state index is 11.8. The van der Waals surface area contributed by atoms with E-state index in [2.05, 4.69) is 22.4 Å². The van der Waals surface area contributed by atoms with Crippen molar-refractivity contribution >= 4 is 46.9 Å². The first-order valence-electron chi connectivity index (χ1n) is 7.43. The van der Waals surface area contributed by atoms with Crippen molar-refractivity contribution in [2.75, 3.05) is 11.9 Å². The average Bonchev–Trinajstić information content (AvgIpc) is 2.64. The third-order valence-electron chi connectivity index (χ3n) is 3.01. The molecule has 8 heteroatoms. The van der Waals surface area contributed by atoms with Gasteiger partial charge in [0.25, 0.3) is 0 Å². The average molecular weight is 392 g/mol. The number of halogens is 2. The van der Waals surface area contributed by atoms with Gasteiger partial charge >= 0.3 is 11.8 Å². The van der Waals surface area contributed by atoms with Gasteiger partial charge in [-0.05, 0) is 48.0 Å². The number of carbonyl (C=O) groups excluding carboxylic acids is 2. The van der Waals surface area contributed by atoms with Crippen molar-refractivity contribution in [3.05, 3.63) is 70.7 Å². The van der Waals surface area contributed by atoms with E-state index in [0.717, 1.165) is 5.56 Å². The summed E-state index contributed by atoms with van der Waals surface area (Å²) in [6, 6.07) is 11.5. The summed E-state index contributed by atoms with van der Waals surface area (Å²) in [6.45, 7) is 3.98. The summed E-state index contributed by atoms with van der Waals surface area (Å²) in [5, 5.41) is 6.74. The molecule has 0 saturated carbocycles. The third kappa shape index (κ3) is 5.91. The van der Waals surface area contributed by atoms with Gasteiger partial charge in [-0.1, -0.05) is 35.9 Å². The summed E-state index contributed by atoms with van der Waals surface area (Å²) >= 11 is 11.7. The maximum absolute atomic E-state index is 11.8. The van der Waals surface area contributed by atoms with Crippen LogP contribution in [0.1, 0.15) is 5.56 Å². The van der Waals surface area contributed by atoms with Gasteiger partial charge in [-0.2, -0.15) is 5.10 Å². The van der Waals surface area contributed by atoms with Gasteiger partial charge in [-0.3, -0.25) is 9.59 Å². The highest BCUT2D eigenvalue weighted by Crippen LogP contribution is 2.25. The van der Waals surface area contributed by atoms with Gasteiger partial charge in [0, 0.05) is 5.02 Å². The Kier molecular flexibility index (Phi) is 7.20. The van der Waals surface area contributed by atoms with Gasteiger partial charge in [0.15, 0.2) is 0 Å². The van der Waals surface area contributed by atoms with Crippen molar-refractivity contribution in [3.63, 3.8) is 0 Å². The Labute approximate surface area is 160 Å². The minimum atomic E-state index is -0.941. The quantitative estimate of drug-likeness (QED) is 0.341. The Morgan fingerprint density at radius 1 is 1.12 bits per heavy atom. The number of carbonyl (C=O) groups is 2. The molecule has 0 spiro atoms. The van der Waals surface area contributed by atoms with Crippen LogP contribution in [0.4, 0.5) is 5.69 Å². The molecule has 0 aliphatic heterocycles. The van der Waals surface area contributed by atoms with Crippen LogP contribution in [0.5, 0.6) is 5.75 Å². The predicted octanol–water partition coefficient (Wildman–Crippen LogP) is 3.65. The van der Waals surface area contributed by atoms with Gasteiger partial charge in [0.05, 0.1) is 16.9 Å². The van der Waals surface area contributed by atoms with Crippen LogP contribution in [0.2, 0.25) is 10.0 Å². The summed E-state index contributed by atoms with van der Waals surface area (Å²) in [7, 11) is 0. The van der Waals surface area contributed by atoms with Crippen LogP contribution in [0, 0.1) is 0 Å². The molecule has 0 fully saturated rings. The van der Waals surface area contributed by atoms with E-state index in [1.54, 1.807) is 36.4 Å². The van der Waals surface area contributed by atoms with E-state index in [9.17, 15) is 9.59 Å². The highest BCUT2D eigenvalue weighted by Gasteiger charge is 2.14. The van der Waals surface area contributed by atoms with Gasteiger partial charge < -0.3 is 10.1 Å². The molecule has 26 heavy (non-hydrogen) atoms. The van der Waals surface area contributed by atoms with E-state index in [4.69, 9.17) is 27.9 Å². The zero-order chi connectivity index (χ0) is 18.9. The lowest BCUT2D eigenvalue weighted by atomic mass is 10.2. The van der Waals surface area contributed by atoms with Crippen LogP contribution in [-0.2, 0) is 9.59 Å². The van der Waals surface area contributed by atoms with Crippen molar-refractivity contribution in [2.45, 2.75) is 0 Å². The fourth-order valence-electron chi connectivity index (χ4n) is 1.79. The molecule has 2 amide bonds. The Morgan fingerprint density at radius 3 is 2.54 bits per heavy atom. The molecule has 0 aliphatic rings. The third-order valence-corrected chi connectivity index (χ3v) is 3.58. The summed E-state index contributed by atoms with van der Waals surface area (Å²) in [4.78, 5) is 23.6. The molecule has 2 rings (SSSR count). The Morgan fingerprint density at radius 2 is 1.85 bits per heavy atom. The summed E-state index contributed by atoms with van der Waals surface area (Å²) in [5.74, 6) is -1.17. The Bertz CT molecular complexity index is 836. The van der Waals surface area contributed by atoms with Crippen LogP contribution < -0.4 is 15.5 Å². The fourth-order valence-corrected chi connectivity index (χ4v) is 2.13. The summed E-state index contributed by atoms with van der Waals surface area (Å²) in [6.07, 6.45) is 3.04. The largest absolute Gasteiger partial charge is 0.490 e. The van der Waals surface area contributed by atoms with E-state index in [-0.39, 0.29) is 10.7 Å². The van der Waals surface area contributed by atoms with Gasteiger partial charge in [0.2, 0.25) is 0 Å². The smallest absolute Gasteiger partial charge is 0.329 e. The lowest BCUT2D eigenvalue weighted by Gasteiger charge is -2.06. The lowest BCUT2D eigenvalue weighted by molar-refractivity contribution is -0.136. The zero-order valence-corrected chi connectivity index (χ0v) is 15.1. The molecule has 0 atom stereocenters. The van der Waals surface area contributed by atoms with Crippen LogP contribution in [0.25, 0.3) is 0 Å². The first-order chi connectivity index (χ1) is 12.5.